The number of carbonyl (C=O) groups is 3. The summed E-state index contributed by atoms with van der Waals surface area (Å²) in [5.74, 6) is -1.89. The highest BCUT2D eigenvalue weighted by molar-refractivity contribution is 7.90. The summed E-state index contributed by atoms with van der Waals surface area (Å²) in [7, 11) is -3.50. The Morgan fingerprint density at radius 1 is 1.00 bits per heavy atom. The first kappa shape index (κ1) is 24.1. The Hall–Kier alpha value is -3.20. The van der Waals surface area contributed by atoms with E-state index in [1.54, 1.807) is 6.92 Å². The molecule has 2 N–H and O–H groups in total. The van der Waals surface area contributed by atoms with Crippen molar-refractivity contribution in [1.29, 1.82) is 0 Å². The Morgan fingerprint density at radius 3 is 2.19 bits per heavy atom. The van der Waals surface area contributed by atoms with Gasteiger partial charge >= 0.3 is 5.97 Å². The number of rotatable bonds is 7. The van der Waals surface area contributed by atoms with E-state index >= 15 is 0 Å². The Kier molecular flexibility index (Phi) is 7.56. The number of anilines is 1. The molecular formula is C22H26N2O6S. The molecule has 0 aliphatic carbocycles. The minimum absolute atomic E-state index is 0.0228. The SMILES string of the molecule is Cc1ccc(S(C)(=O)=O)cc1C(=O)O[C@H](C)C(=O)NCC(=O)Nc1c(C)cccc1C. The molecule has 0 bridgehead atoms. The van der Waals surface area contributed by atoms with Crippen molar-refractivity contribution in [3.8, 4) is 0 Å². The maximum Gasteiger partial charge on any atom is 0.339 e. The second-order valence-corrected chi connectivity index (χ2v) is 9.34. The van der Waals surface area contributed by atoms with Gasteiger partial charge in [-0.2, -0.15) is 0 Å². The van der Waals surface area contributed by atoms with Gasteiger partial charge < -0.3 is 15.4 Å². The summed E-state index contributed by atoms with van der Waals surface area (Å²) >= 11 is 0. The molecular weight excluding hydrogens is 420 g/mol. The topological polar surface area (TPSA) is 119 Å². The van der Waals surface area contributed by atoms with Crippen LogP contribution in [-0.4, -0.2) is 45.1 Å². The number of esters is 1. The third-order valence-corrected chi connectivity index (χ3v) is 5.79. The van der Waals surface area contributed by atoms with Crippen LogP contribution in [-0.2, 0) is 24.2 Å². The number of hydrogen-bond donors (Lipinski definition) is 2. The Labute approximate surface area is 181 Å². The van der Waals surface area contributed by atoms with Gasteiger partial charge in [0.25, 0.3) is 5.91 Å². The highest BCUT2D eigenvalue weighted by atomic mass is 32.2. The second kappa shape index (κ2) is 9.74. The molecule has 0 radical (unpaired) electrons. The van der Waals surface area contributed by atoms with Gasteiger partial charge in [-0.15, -0.1) is 0 Å². The molecule has 0 aliphatic heterocycles. The van der Waals surface area contributed by atoms with Crippen LogP contribution in [0.15, 0.2) is 41.3 Å². The Bertz CT molecular complexity index is 1100. The fourth-order valence-corrected chi connectivity index (χ4v) is 3.48. The van der Waals surface area contributed by atoms with Crippen LogP contribution in [0.4, 0.5) is 5.69 Å². The molecule has 0 saturated carbocycles. The van der Waals surface area contributed by atoms with Crippen molar-refractivity contribution in [2.45, 2.75) is 38.7 Å². The van der Waals surface area contributed by atoms with Crippen LogP contribution in [0.25, 0.3) is 0 Å². The summed E-state index contributed by atoms with van der Waals surface area (Å²) in [6.45, 7) is 6.43. The zero-order chi connectivity index (χ0) is 23.3. The maximum atomic E-state index is 12.4. The number of aryl methyl sites for hydroxylation is 3. The number of amides is 2. The molecule has 0 heterocycles. The van der Waals surface area contributed by atoms with E-state index < -0.39 is 33.7 Å². The molecule has 2 amide bonds. The molecule has 0 fully saturated rings. The lowest BCUT2D eigenvalue weighted by molar-refractivity contribution is -0.130. The Morgan fingerprint density at radius 2 is 1.61 bits per heavy atom. The van der Waals surface area contributed by atoms with E-state index in [0.29, 0.717) is 11.3 Å². The summed E-state index contributed by atoms with van der Waals surface area (Å²) < 4.78 is 28.6. The molecule has 8 nitrogen and oxygen atoms in total. The van der Waals surface area contributed by atoms with E-state index in [1.165, 1.54) is 25.1 Å². The second-order valence-electron chi connectivity index (χ2n) is 7.33. The summed E-state index contributed by atoms with van der Waals surface area (Å²) in [5.41, 5.74) is 3.04. The zero-order valence-electron chi connectivity index (χ0n) is 18.1. The lowest BCUT2D eigenvalue weighted by Gasteiger charge is -2.15. The predicted molar refractivity (Wildman–Crippen MR) is 117 cm³/mol. The van der Waals surface area contributed by atoms with Crippen LogP contribution in [0.2, 0.25) is 0 Å². The third kappa shape index (κ3) is 6.39. The minimum atomic E-state index is -3.50. The summed E-state index contributed by atoms with van der Waals surface area (Å²) in [4.78, 5) is 36.8. The van der Waals surface area contributed by atoms with Gasteiger partial charge in [0.05, 0.1) is 17.0 Å². The maximum absolute atomic E-state index is 12.4. The first-order chi connectivity index (χ1) is 14.4. The van der Waals surface area contributed by atoms with Gasteiger partial charge in [-0.25, -0.2) is 13.2 Å². The highest BCUT2D eigenvalue weighted by Crippen LogP contribution is 2.19. The normalized spacial score (nSPS) is 12.0. The van der Waals surface area contributed by atoms with Gasteiger partial charge in [-0.05, 0) is 56.5 Å². The lowest BCUT2D eigenvalue weighted by atomic mass is 10.1. The summed E-state index contributed by atoms with van der Waals surface area (Å²) in [6, 6.07) is 9.72. The number of ether oxygens (including phenoxy) is 1. The van der Waals surface area contributed by atoms with Crippen molar-refractivity contribution in [3.05, 3.63) is 58.7 Å². The van der Waals surface area contributed by atoms with Crippen LogP contribution in [0.5, 0.6) is 0 Å². The van der Waals surface area contributed by atoms with Gasteiger partial charge in [-0.3, -0.25) is 9.59 Å². The van der Waals surface area contributed by atoms with Crippen LogP contribution in [0.3, 0.4) is 0 Å². The molecule has 1 atom stereocenters. The molecule has 9 heteroatoms. The molecule has 0 aliphatic rings. The number of benzene rings is 2. The van der Waals surface area contributed by atoms with Crippen LogP contribution in [0.1, 0.15) is 34.0 Å². The predicted octanol–water partition coefficient (Wildman–Crippen LogP) is 2.32. The van der Waals surface area contributed by atoms with Crippen molar-refractivity contribution in [2.75, 3.05) is 18.1 Å². The van der Waals surface area contributed by atoms with Crippen LogP contribution >= 0.6 is 0 Å². The molecule has 0 saturated heterocycles. The minimum Gasteiger partial charge on any atom is -0.449 e. The fraction of sp³-hybridized carbons (Fsp3) is 0.318. The van der Waals surface area contributed by atoms with E-state index in [0.717, 1.165) is 17.4 Å². The summed E-state index contributed by atoms with van der Waals surface area (Å²) in [5, 5.41) is 5.17. The van der Waals surface area contributed by atoms with Crippen LogP contribution < -0.4 is 10.6 Å². The van der Waals surface area contributed by atoms with Crippen molar-refractivity contribution in [2.24, 2.45) is 0 Å². The number of para-hydroxylation sites is 1. The van der Waals surface area contributed by atoms with Crippen LogP contribution in [0, 0.1) is 20.8 Å². The summed E-state index contributed by atoms with van der Waals surface area (Å²) in [6.07, 6.45) is -0.145. The molecule has 0 aromatic heterocycles. The molecule has 31 heavy (non-hydrogen) atoms. The van der Waals surface area contributed by atoms with Gasteiger partial charge in [0, 0.05) is 11.9 Å². The van der Waals surface area contributed by atoms with E-state index in [-0.39, 0.29) is 17.0 Å². The zero-order valence-corrected chi connectivity index (χ0v) is 18.9. The average molecular weight is 447 g/mol. The Balaban J connectivity index is 1.97. The van der Waals surface area contributed by atoms with Crippen molar-refractivity contribution in [3.63, 3.8) is 0 Å². The number of sulfone groups is 1. The van der Waals surface area contributed by atoms with Gasteiger partial charge in [-0.1, -0.05) is 24.3 Å². The molecule has 2 aromatic rings. The van der Waals surface area contributed by atoms with E-state index in [1.807, 2.05) is 32.0 Å². The van der Waals surface area contributed by atoms with Crippen molar-refractivity contribution < 1.29 is 27.5 Å². The monoisotopic (exact) mass is 446 g/mol. The quantitative estimate of drug-likeness (QED) is 0.630. The lowest BCUT2D eigenvalue weighted by Crippen LogP contribution is -2.40. The number of hydrogen-bond acceptors (Lipinski definition) is 6. The molecule has 2 rings (SSSR count). The molecule has 2 aromatic carbocycles. The van der Waals surface area contributed by atoms with Crippen molar-refractivity contribution in [1.82, 2.24) is 5.32 Å². The fourth-order valence-electron chi connectivity index (χ4n) is 2.84. The van der Waals surface area contributed by atoms with E-state index in [2.05, 4.69) is 10.6 Å². The smallest absolute Gasteiger partial charge is 0.339 e. The van der Waals surface area contributed by atoms with Gasteiger partial charge in [0.1, 0.15) is 0 Å². The third-order valence-electron chi connectivity index (χ3n) is 4.68. The molecule has 0 unspecified atom stereocenters. The largest absolute Gasteiger partial charge is 0.449 e. The molecule has 166 valence electrons. The van der Waals surface area contributed by atoms with E-state index in [9.17, 15) is 22.8 Å². The molecule has 0 spiro atoms. The van der Waals surface area contributed by atoms with Gasteiger partial charge in [0.2, 0.25) is 5.91 Å². The number of nitrogens with one attached hydrogen (secondary N) is 2. The standard InChI is InChI=1S/C22H26N2O6S/c1-13-9-10-17(31(5,28)29)11-18(13)22(27)30-16(4)21(26)23-12-19(25)24-20-14(2)7-6-8-15(20)3/h6-11,16H,12H2,1-5H3,(H,23,26)(H,24,25)/t16-/m1/s1. The number of carbonyl (C=O) groups excluding carboxylic acids is 3. The first-order valence-electron chi connectivity index (χ1n) is 9.55. The van der Waals surface area contributed by atoms with Crippen molar-refractivity contribution >= 4 is 33.3 Å². The average Bonchev–Trinajstić information content (AvgIpc) is 2.68. The van der Waals surface area contributed by atoms with E-state index in [4.69, 9.17) is 4.74 Å². The highest BCUT2D eigenvalue weighted by Gasteiger charge is 2.22. The van der Waals surface area contributed by atoms with Gasteiger partial charge in [0.15, 0.2) is 15.9 Å². The first-order valence-corrected chi connectivity index (χ1v) is 11.4.